The molecule has 370 valence electrons. The van der Waals surface area contributed by atoms with Gasteiger partial charge in [0.05, 0.1) is 5.69 Å². The van der Waals surface area contributed by atoms with Crippen LogP contribution < -0.4 is 0 Å². The summed E-state index contributed by atoms with van der Waals surface area (Å²) in [6.45, 7) is 36.7. The Bertz CT molecular complexity index is 2350. The number of thiophene rings is 3. The number of rotatable bonds is 0. The van der Waals surface area contributed by atoms with Crippen LogP contribution >= 0.6 is 34.0 Å². The Morgan fingerprint density at radius 2 is 0.971 bits per heavy atom. The highest BCUT2D eigenvalue weighted by atomic mass is 32.1. The average molecular weight is 986 g/mol. The molecule has 0 saturated heterocycles. The number of hydrogen-bond donors (Lipinski definition) is 0. The summed E-state index contributed by atoms with van der Waals surface area (Å²) in [5.41, 5.74) is 15.8. The van der Waals surface area contributed by atoms with E-state index >= 15 is 0 Å². The van der Waals surface area contributed by atoms with Crippen LogP contribution in [0.4, 0.5) is 0 Å². The van der Waals surface area contributed by atoms with Gasteiger partial charge in [0.1, 0.15) is 11.6 Å². The maximum Gasteiger partial charge on any atom is 0.133 e. The lowest BCUT2D eigenvalue weighted by Gasteiger charge is -1.93. The van der Waals surface area contributed by atoms with Crippen LogP contribution in [0.2, 0.25) is 0 Å². The zero-order chi connectivity index (χ0) is 51.0. The van der Waals surface area contributed by atoms with Gasteiger partial charge in [-0.15, -0.1) is 22.7 Å². The quantitative estimate of drug-likeness (QED) is 0.149. The molecule has 8 heterocycles. The number of benzene rings is 1. The summed E-state index contributed by atoms with van der Waals surface area (Å²) in [6, 6.07) is 30.8. The monoisotopic (exact) mass is 985 g/mol. The minimum Gasteiger partial charge on any atom is -0.361 e. The normalized spacial score (nSPS) is 9.19. The molecular formula is C59H80N6OS3. The minimum atomic E-state index is 0. The maximum absolute atomic E-state index is 4.71. The molecule has 0 fully saturated rings. The number of hydrogen-bond acceptors (Lipinski definition) is 10. The highest BCUT2D eigenvalue weighted by molar-refractivity contribution is 7.11. The topological polar surface area (TPSA) is 90.5 Å². The van der Waals surface area contributed by atoms with Crippen molar-refractivity contribution in [2.45, 2.75) is 132 Å². The van der Waals surface area contributed by atoms with Gasteiger partial charge in [0.25, 0.3) is 0 Å². The fourth-order valence-electron chi connectivity index (χ4n) is 4.95. The summed E-state index contributed by atoms with van der Waals surface area (Å²) in [5.74, 6) is 1.70. The van der Waals surface area contributed by atoms with E-state index in [0.29, 0.717) is 0 Å². The molecule has 8 aromatic heterocycles. The molecule has 0 saturated carbocycles. The van der Waals surface area contributed by atoms with Crippen molar-refractivity contribution in [3.8, 4) is 0 Å². The lowest BCUT2D eigenvalue weighted by atomic mass is 10.1. The number of aryl methyl sites for hydroxylation is 18. The Morgan fingerprint density at radius 3 is 1.22 bits per heavy atom. The summed E-state index contributed by atoms with van der Waals surface area (Å²) >= 11 is 5.41. The van der Waals surface area contributed by atoms with E-state index in [1.807, 2.05) is 135 Å². The fraction of sp³-hybridized carbons (Fsp3) is 0.322. The first kappa shape index (κ1) is 63.1. The van der Waals surface area contributed by atoms with Crippen molar-refractivity contribution in [2.75, 3.05) is 0 Å². The standard InChI is InChI=1S/C8H10.3C7H9N.C6H8N2.3C6H8S.C5H7NO.CH4/c1-7-5-3-4-6-8(7)2;1-6-3-4-8-7(2)5-6;1-6-3-4-7(2)8-5-6;1-6-4-3-5-7(2)8-6;1-5-3-7-6(2)8-4-5;1-5-3-7-4-6(5)2;1-5-3-4-7-6(5)2;1-5-3-4-6(2)7-5;1-4-3-5(2)7-6-4;/h3-6H,1-2H3;3*3-5H,1-2H3;3-4H,1-2H3;3*3-4H,1-2H3;3H,1-2H3;1H4. The van der Waals surface area contributed by atoms with Gasteiger partial charge in [0, 0.05) is 68.3 Å². The van der Waals surface area contributed by atoms with Gasteiger partial charge in [-0.1, -0.05) is 49.0 Å². The lowest BCUT2D eigenvalue weighted by Crippen LogP contribution is -1.84. The van der Waals surface area contributed by atoms with E-state index in [1.54, 1.807) is 22.7 Å². The fourth-order valence-corrected chi connectivity index (χ4v) is 7.31. The predicted octanol–water partition coefficient (Wildman–Crippen LogP) is 17.5. The predicted molar refractivity (Wildman–Crippen MR) is 303 cm³/mol. The van der Waals surface area contributed by atoms with Crippen LogP contribution in [0.3, 0.4) is 0 Å². The first-order valence-corrected chi connectivity index (χ1v) is 25.2. The van der Waals surface area contributed by atoms with Crippen molar-refractivity contribution in [3.05, 3.63) is 231 Å². The molecule has 10 heteroatoms. The van der Waals surface area contributed by atoms with E-state index in [9.17, 15) is 0 Å². The van der Waals surface area contributed by atoms with E-state index < -0.39 is 0 Å². The Kier molecular flexibility index (Phi) is 33.0. The highest BCUT2D eigenvalue weighted by Gasteiger charge is 1.90. The molecule has 0 spiro atoms. The molecule has 0 radical (unpaired) electrons. The largest absolute Gasteiger partial charge is 0.361 e. The van der Waals surface area contributed by atoms with Crippen molar-refractivity contribution < 1.29 is 4.52 Å². The number of pyridine rings is 3. The number of nitrogens with zero attached hydrogens (tertiary/aromatic N) is 6. The first-order valence-electron chi connectivity index (χ1n) is 22.5. The van der Waals surface area contributed by atoms with Gasteiger partial charge < -0.3 is 4.52 Å². The number of aromatic nitrogens is 6. The molecule has 0 bridgehead atoms. The lowest BCUT2D eigenvalue weighted by molar-refractivity contribution is 0.393. The van der Waals surface area contributed by atoms with Gasteiger partial charge in [-0.2, -0.15) is 11.3 Å². The third-order valence-electron chi connectivity index (χ3n) is 9.32. The molecule has 0 aliphatic heterocycles. The Morgan fingerprint density at radius 1 is 0.420 bits per heavy atom. The van der Waals surface area contributed by atoms with Crippen LogP contribution in [0.1, 0.15) is 107 Å². The molecule has 69 heavy (non-hydrogen) atoms. The van der Waals surface area contributed by atoms with E-state index in [2.05, 4.69) is 163 Å². The van der Waals surface area contributed by atoms with E-state index in [-0.39, 0.29) is 7.43 Å². The third kappa shape index (κ3) is 32.4. The maximum atomic E-state index is 4.71. The van der Waals surface area contributed by atoms with Gasteiger partial charge >= 0.3 is 0 Å². The van der Waals surface area contributed by atoms with Crippen LogP contribution in [0.5, 0.6) is 0 Å². The van der Waals surface area contributed by atoms with Crippen molar-refractivity contribution >= 4 is 34.0 Å². The molecule has 7 nitrogen and oxygen atoms in total. The second-order valence-corrected chi connectivity index (χ2v) is 19.8. The molecule has 0 aliphatic rings. The van der Waals surface area contributed by atoms with Crippen molar-refractivity contribution in [1.29, 1.82) is 0 Å². The van der Waals surface area contributed by atoms with Crippen molar-refractivity contribution in [3.63, 3.8) is 0 Å². The molecule has 1 aromatic carbocycles. The second kappa shape index (κ2) is 36.1. The van der Waals surface area contributed by atoms with E-state index in [4.69, 9.17) is 4.52 Å². The summed E-state index contributed by atoms with van der Waals surface area (Å²) in [7, 11) is 0. The molecular weight excluding hydrogens is 905 g/mol. The highest BCUT2D eigenvalue weighted by Crippen LogP contribution is 2.13. The Balaban J connectivity index is 0.000000753. The summed E-state index contributed by atoms with van der Waals surface area (Å²) in [4.78, 5) is 24.5. The molecule has 0 aliphatic carbocycles. The van der Waals surface area contributed by atoms with Gasteiger partial charge in [-0.05, 0) is 234 Å². The molecule has 0 amide bonds. The van der Waals surface area contributed by atoms with Crippen LogP contribution in [0.15, 0.2) is 136 Å². The van der Waals surface area contributed by atoms with Crippen LogP contribution in [0.25, 0.3) is 0 Å². The third-order valence-corrected chi connectivity index (χ3v) is 12.2. The summed E-state index contributed by atoms with van der Waals surface area (Å²) < 4.78 is 4.71. The Labute approximate surface area is 429 Å². The van der Waals surface area contributed by atoms with Crippen molar-refractivity contribution in [2.24, 2.45) is 0 Å². The average Bonchev–Trinajstić information content (AvgIpc) is 4.08. The van der Waals surface area contributed by atoms with Gasteiger partial charge in [0.2, 0.25) is 0 Å². The Hall–Kier alpha value is -5.94. The molecule has 0 N–H and O–H groups in total. The molecule has 9 rings (SSSR count). The molecule has 0 atom stereocenters. The minimum absolute atomic E-state index is 0. The second-order valence-electron chi connectivity index (χ2n) is 16.4. The van der Waals surface area contributed by atoms with Crippen molar-refractivity contribution in [1.82, 2.24) is 30.1 Å². The van der Waals surface area contributed by atoms with E-state index in [0.717, 1.165) is 45.6 Å². The zero-order valence-corrected chi connectivity index (χ0v) is 46.5. The first-order chi connectivity index (χ1) is 32.1. The smallest absolute Gasteiger partial charge is 0.133 e. The van der Waals surface area contributed by atoms with E-state index in [1.165, 1.54) is 53.6 Å². The van der Waals surface area contributed by atoms with Gasteiger partial charge in [-0.25, -0.2) is 9.97 Å². The SMILES string of the molecule is C.Cc1cc(C)on1.Cc1ccc(C)nc1.Cc1ccc(C)s1.Cc1cccc(C)n1.Cc1ccccc1C.Cc1ccnc(C)c1.Cc1ccsc1C.Cc1cnc(C)nc1.Cc1cscc1C. The van der Waals surface area contributed by atoms with Gasteiger partial charge in [0.15, 0.2) is 0 Å². The summed E-state index contributed by atoms with van der Waals surface area (Å²) in [5, 5.41) is 10.1. The molecule has 9 aromatic rings. The summed E-state index contributed by atoms with van der Waals surface area (Å²) in [6.07, 6.45) is 7.31. The molecule has 0 unspecified atom stereocenters. The van der Waals surface area contributed by atoms with Gasteiger partial charge in [-0.3, -0.25) is 15.0 Å². The van der Waals surface area contributed by atoms with Crippen LogP contribution in [-0.2, 0) is 0 Å². The van der Waals surface area contributed by atoms with Crippen LogP contribution in [-0.4, -0.2) is 30.1 Å². The van der Waals surface area contributed by atoms with Crippen LogP contribution in [0, 0.1) is 125 Å². The zero-order valence-electron chi connectivity index (χ0n) is 44.0.